The van der Waals surface area contributed by atoms with Gasteiger partial charge in [-0.1, -0.05) is 11.6 Å². The number of nitrogens with one attached hydrogen (secondary N) is 1. The van der Waals surface area contributed by atoms with Crippen molar-refractivity contribution in [2.75, 3.05) is 7.05 Å². The third kappa shape index (κ3) is 2.70. The normalized spacial score (nSPS) is 12.9. The quantitative estimate of drug-likeness (QED) is 0.925. The molecule has 0 saturated carbocycles. The Morgan fingerprint density at radius 1 is 1.59 bits per heavy atom. The molecular formula is C12H16ClN3S. The van der Waals surface area contributed by atoms with Crippen LogP contribution in [0.2, 0.25) is 5.02 Å². The molecule has 17 heavy (non-hydrogen) atoms. The lowest BCUT2D eigenvalue weighted by atomic mass is 10.1. The van der Waals surface area contributed by atoms with E-state index in [0.717, 1.165) is 17.0 Å². The van der Waals surface area contributed by atoms with E-state index in [0.29, 0.717) is 0 Å². The van der Waals surface area contributed by atoms with E-state index in [-0.39, 0.29) is 6.04 Å². The summed E-state index contributed by atoms with van der Waals surface area (Å²) < 4.78 is 1.82. The standard InChI is InChI=1S/C12H16ClN3S/c1-8-7-17-12(11(8)13)10(14-2)4-9-5-15-16(3)6-9/h5-7,10,14H,4H2,1-3H3. The van der Waals surface area contributed by atoms with E-state index in [1.165, 1.54) is 10.4 Å². The van der Waals surface area contributed by atoms with Crippen LogP contribution in [0.25, 0.3) is 0 Å². The molecule has 0 spiro atoms. The van der Waals surface area contributed by atoms with Gasteiger partial charge < -0.3 is 5.32 Å². The summed E-state index contributed by atoms with van der Waals surface area (Å²) in [6, 6.07) is 0.255. The van der Waals surface area contributed by atoms with Crippen LogP contribution >= 0.6 is 22.9 Å². The highest BCUT2D eigenvalue weighted by molar-refractivity contribution is 7.10. The Labute approximate surface area is 110 Å². The monoisotopic (exact) mass is 269 g/mol. The summed E-state index contributed by atoms with van der Waals surface area (Å²) in [7, 11) is 3.90. The highest BCUT2D eigenvalue weighted by atomic mass is 35.5. The largest absolute Gasteiger partial charge is 0.312 e. The highest BCUT2D eigenvalue weighted by Gasteiger charge is 2.17. The molecule has 0 aromatic carbocycles. The molecular weight excluding hydrogens is 254 g/mol. The van der Waals surface area contributed by atoms with Crippen LogP contribution in [-0.2, 0) is 13.5 Å². The van der Waals surface area contributed by atoms with Crippen molar-refractivity contribution in [1.29, 1.82) is 0 Å². The fraction of sp³-hybridized carbons (Fsp3) is 0.417. The second-order valence-electron chi connectivity index (χ2n) is 4.16. The second kappa shape index (κ2) is 5.21. The van der Waals surface area contributed by atoms with Crippen LogP contribution < -0.4 is 5.32 Å². The van der Waals surface area contributed by atoms with Gasteiger partial charge in [0.2, 0.25) is 0 Å². The lowest BCUT2D eigenvalue weighted by Crippen LogP contribution is -2.17. The van der Waals surface area contributed by atoms with Gasteiger partial charge in [-0.25, -0.2) is 0 Å². The third-order valence-electron chi connectivity index (χ3n) is 2.79. The minimum atomic E-state index is 0.255. The third-order valence-corrected chi connectivity index (χ3v) is 4.62. The van der Waals surface area contributed by atoms with Gasteiger partial charge in [0.1, 0.15) is 0 Å². The van der Waals surface area contributed by atoms with Crippen molar-refractivity contribution in [2.45, 2.75) is 19.4 Å². The van der Waals surface area contributed by atoms with Gasteiger partial charge >= 0.3 is 0 Å². The zero-order chi connectivity index (χ0) is 12.4. The maximum Gasteiger partial charge on any atom is 0.0590 e. The summed E-state index contributed by atoms with van der Waals surface area (Å²) in [5.74, 6) is 0. The molecule has 0 aliphatic rings. The number of likely N-dealkylation sites (N-methyl/N-ethyl adjacent to an activating group) is 1. The molecule has 1 unspecified atom stereocenters. The maximum absolute atomic E-state index is 6.30. The van der Waals surface area contributed by atoms with Crippen molar-refractivity contribution in [2.24, 2.45) is 7.05 Å². The Bertz CT molecular complexity index is 504. The fourth-order valence-electron chi connectivity index (χ4n) is 1.82. The minimum absolute atomic E-state index is 0.255. The summed E-state index contributed by atoms with van der Waals surface area (Å²) in [6.07, 6.45) is 4.85. The van der Waals surface area contributed by atoms with Gasteiger partial charge in [0.15, 0.2) is 0 Å². The van der Waals surface area contributed by atoms with Gasteiger partial charge in [0, 0.05) is 24.2 Å². The number of hydrogen-bond acceptors (Lipinski definition) is 3. The van der Waals surface area contributed by atoms with Crippen LogP contribution in [0, 0.1) is 6.92 Å². The van der Waals surface area contributed by atoms with E-state index < -0.39 is 0 Å². The van der Waals surface area contributed by atoms with Crippen molar-refractivity contribution in [3.8, 4) is 0 Å². The summed E-state index contributed by atoms with van der Waals surface area (Å²) in [5.41, 5.74) is 2.37. The number of hydrogen-bond donors (Lipinski definition) is 1. The van der Waals surface area contributed by atoms with Crippen molar-refractivity contribution in [1.82, 2.24) is 15.1 Å². The Kier molecular flexibility index (Phi) is 3.86. The summed E-state index contributed by atoms with van der Waals surface area (Å²) in [6.45, 7) is 2.04. The van der Waals surface area contributed by atoms with Gasteiger partial charge in [-0.15, -0.1) is 11.3 Å². The van der Waals surface area contributed by atoms with Gasteiger partial charge in [-0.3, -0.25) is 4.68 Å². The molecule has 0 radical (unpaired) electrons. The minimum Gasteiger partial charge on any atom is -0.312 e. The molecule has 2 rings (SSSR count). The smallest absolute Gasteiger partial charge is 0.0590 e. The number of rotatable bonds is 4. The van der Waals surface area contributed by atoms with E-state index in [1.54, 1.807) is 11.3 Å². The van der Waals surface area contributed by atoms with E-state index >= 15 is 0 Å². The summed E-state index contributed by atoms with van der Waals surface area (Å²) >= 11 is 8.02. The van der Waals surface area contributed by atoms with Crippen LogP contribution in [0.1, 0.15) is 22.0 Å². The number of halogens is 1. The molecule has 2 aromatic rings. The first-order valence-corrected chi connectivity index (χ1v) is 6.76. The average molecular weight is 270 g/mol. The highest BCUT2D eigenvalue weighted by Crippen LogP contribution is 2.33. The first kappa shape index (κ1) is 12.6. The SMILES string of the molecule is CNC(Cc1cnn(C)c1)c1scc(C)c1Cl. The first-order valence-electron chi connectivity index (χ1n) is 5.50. The van der Waals surface area contributed by atoms with Crippen LogP contribution in [0.5, 0.6) is 0 Å². The van der Waals surface area contributed by atoms with Gasteiger partial charge in [-0.2, -0.15) is 5.10 Å². The zero-order valence-electron chi connectivity index (χ0n) is 10.2. The van der Waals surface area contributed by atoms with Crippen molar-refractivity contribution in [3.05, 3.63) is 38.8 Å². The Morgan fingerprint density at radius 3 is 2.82 bits per heavy atom. The molecule has 2 aromatic heterocycles. The van der Waals surface area contributed by atoms with Crippen molar-refractivity contribution >= 4 is 22.9 Å². The van der Waals surface area contributed by atoms with Crippen LogP contribution in [-0.4, -0.2) is 16.8 Å². The van der Waals surface area contributed by atoms with E-state index in [9.17, 15) is 0 Å². The molecule has 1 atom stereocenters. The van der Waals surface area contributed by atoms with E-state index in [1.807, 2.05) is 38.1 Å². The molecule has 0 aliphatic heterocycles. The second-order valence-corrected chi connectivity index (χ2v) is 5.45. The van der Waals surface area contributed by atoms with Crippen LogP contribution in [0.4, 0.5) is 0 Å². The lowest BCUT2D eigenvalue weighted by Gasteiger charge is -2.14. The number of thiophene rings is 1. The predicted octanol–water partition coefficient (Wildman–Crippen LogP) is 2.95. The average Bonchev–Trinajstić information content (AvgIpc) is 2.85. The molecule has 0 fully saturated rings. The Morgan fingerprint density at radius 2 is 2.35 bits per heavy atom. The Hall–Kier alpha value is -0.840. The predicted molar refractivity (Wildman–Crippen MR) is 72.8 cm³/mol. The molecule has 0 aliphatic carbocycles. The number of aryl methyl sites for hydroxylation is 2. The molecule has 3 nitrogen and oxygen atoms in total. The number of nitrogens with zero attached hydrogens (tertiary/aromatic N) is 2. The van der Waals surface area contributed by atoms with E-state index in [2.05, 4.69) is 15.8 Å². The molecule has 5 heteroatoms. The van der Waals surface area contributed by atoms with Crippen LogP contribution in [0.3, 0.4) is 0 Å². The zero-order valence-corrected chi connectivity index (χ0v) is 11.8. The topological polar surface area (TPSA) is 29.9 Å². The Balaban J connectivity index is 2.19. The van der Waals surface area contributed by atoms with Crippen molar-refractivity contribution < 1.29 is 0 Å². The first-order chi connectivity index (χ1) is 8.11. The van der Waals surface area contributed by atoms with Gasteiger partial charge in [0.25, 0.3) is 0 Å². The molecule has 92 valence electrons. The maximum atomic E-state index is 6.30. The molecule has 0 saturated heterocycles. The summed E-state index contributed by atoms with van der Waals surface area (Å²) in [4.78, 5) is 1.20. The number of aromatic nitrogens is 2. The fourth-order valence-corrected chi connectivity index (χ4v) is 3.26. The van der Waals surface area contributed by atoms with E-state index in [4.69, 9.17) is 11.6 Å². The van der Waals surface area contributed by atoms with Gasteiger partial charge in [0.05, 0.1) is 11.2 Å². The van der Waals surface area contributed by atoms with Crippen molar-refractivity contribution in [3.63, 3.8) is 0 Å². The van der Waals surface area contributed by atoms with Gasteiger partial charge in [-0.05, 0) is 36.9 Å². The molecule has 0 amide bonds. The molecule has 0 bridgehead atoms. The van der Waals surface area contributed by atoms with Crippen LogP contribution in [0.15, 0.2) is 17.8 Å². The summed E-state index contributed by atoms with van der Waals surface area (Å²) in [5, 5.41) is 10.5. The molecule has 1 N–H and O–H groups in total. The lowest BCUT2D eigenvalue weighted by molar-refractivity contribution is 0.601. The molecule has 2 heterocycles.